The lowest BCUT2D eigenvalue weighted by Crippen LogP contribution is -2.26. The third-order valence-corrected chi connectivity index (χ3v) is 4.46. The molecule has 0 aromatic heterocycles. The lowest BCUT2D eigenvalue weighted by molar-refractivity contribution is 0.181. The van der Waals surface area contributed by atoms with Crippen LogP contribution in [0.4, 0.5) is 10.1 Å². The molecule has 1 nitrogen and oxygen atoms in total. The molecule has 2 heteroatoms. The highest BCUT2D eigenvalue weighted by Crippen LogP contribution is 2.37. The highest BCUT2D eigenvalue weighted by atomic mass is 19.1. The van der Waals surface area contributed by atoms with Crippen molar-refractivity contribution in [2.45, 2.75) is 39.5 Å². The molecule has 2 rings (SSSR count). The van der Waals surface area contributed by atoms with Crippen LogP contribution in [0.2, 0.25) is 0 Å². The Morgan fingerprint density at radius 2 is 2.06 bits per heavy atom. The fourth-order valence-corrected chi connectivity index (χ4v) is 3.01. The number of nitrogen functional groups attached to an aromatic ring is 1. The summed E-state index contributed by atoms with van der Waals surface area (Å²) in [6.45, 7) is 4.65. The number of nitrogens with two attached hydrogens (primary N) is 1. The molecule has 1 saturated carbocycles. The summed E-state index contributed by atoms with van der Waals surface area (Å²) in [5.41, 5.74) is 7.64. The van der Waals surface area contributed by atoms with Gasteiger partial charge in [-0.2, -0.15) is 0 Å². The Morgan fingerprint density at radius 3 is 2.82 bits per heavy atom. The Labute approximate surface area is 103 Å². The summed E-state index contributed by atoms with van der Waals surface area (Å²) >= 11 is 0. The second kappa shape index (κ2) is 5.07. The van der Waals surface area contributed by atoms with Gasteiger partial charge in [-0.25, -0.2) is 4.39 Å². The lowest BCUT2D eigenvalue weighted by atomic mass is 9.71. The van der Waals surface area contributed by atoms with Crippen LogP contribution >= 0.6 is 0 Å². The van der Waals surface area contributed by atoms with E-state index in [1.165, 1.54) is 25.3 Å². The van der Waals surface area contributed by atoms with E-state index in [0.717, 1.165) is 23.6 Å². The zero-order valence-electron chi connectivity index (χ0n) is 10.7. The Balaban J connectivity index is 2.11. The van der Waals surface area contributed by atoms with Crippen molar-refractivity contribution in [1.82, 2.24) is 0 Å². The Morgan fingerprint density at radius 1 is 1.29 bits per heavy atom. The summed E-state index contributed by atoms with van der Waals surface area (Å²) in [7, 11) is 0. The molecule has 0 saturated heterocycles. The normalized spacial score (nSPS) is 29.2. The van der Waals surface area contributed by atoms with Gasteiger partial charge in [-0.3, -0.25) is 0 Å². The average molecular weight is 235 g/mol. The number of halogens is 1. The molecule has 0 radical (unpaired) electrons. The zero-order valence-corrected chi connectivity index (χ0v) is 10.7. The van der Waals surface area contributed by atoms with E-state index in [1.54, 1.807) is 12.1 Å². The van der Waals surface area contributed by atoms with E-state index >= 15 is 0 Å². The molecule has 1 aliphatic carbocycles. The van der Waals surface area contributed by atoms with Crippen LogP contribution < -0.4 is 5.73 Å². The first kappa shape index (κ1) is 12.4. The van der Waals surface area contributed by atoms with E-state index in [1.807, 2.05) is 0 Å². The monoisotopic (exact) mass is 235 g/mol. The molecule has 17 heavy (non-hydrogen) atoms. The van der Waals surface area contributed by atoms with Crippen molar-refractivity contribution in [3.05, 3.63) is 29.6 Å². The summed E-state index contributed by atoms with van der Waals surface area (Å²) in [4.78, 5) is 0. The number of hydrogen-bond donors (Lipinski definition) is 1. The van der Waals surface area contributed by atoms with Crippen molar-refractivity contribution in [3.8, 4) is 0 Å². The van der Waals surface area contributed by atoms with E-state index in [9.17, 15) is 4.39 Å². The van der Waals surface area contributed by atoms with Gasteiger partial charge in [-0.05, 0) is 54.4 Å². The van der Waals surface area contributed by atoms with Crippen molar-refractivity contribution < 1.29 is 4.39 Å². The van der Waals surface area contributed by atoms with Crippen LogP contribution in [0.3, 0.4) is 0 Å². The van der Waals surface area contributed by atoms with E-state index in [-0.39, 0.29) is 5.82 Å². The van der Waals surface area contributed by atoms with Crippen LogP contribution in [-0.2, 0) is 6.42 Å². The Hall–Kier alpha value is -1.05. The van der Waals surface area contributed by atoms with E-state index in [0.29, 0.717) is 11.8 Å². The molecular formula is C15H22FN. The van der Waals surface area contributed by atoms with Gasteiger partial charge in [0.05, 0.1) is 0 Å². The third-order valence-electron chi connectivity index (χ3n) is 4.46. The highest BCUT2D eigenvalue weighted by molar-refractivity contribution is 5.46. The van der Waals surface area contributed by atoms with Gasteiger partial charge in [0.25, 0.3) is 0 Å². The molecule has 2 unspecified atom stereocenters. The number of anilines is 1. The molecule has 1 fully saturated rings. The minimum Gasteiger partial charge on any atom is -0.399 e. The molecule has 1 aromatic carbocycles. The molecule has 0 bridgehead atoms. The lowest BCUT2D eigenvalue weighted by Gasteiger charge is -2.34. The van der Waals surface area contributed by atoms with Crippen LogP contribution in [0, 0.1) is 23.6 Å². The highest BCUT2D eigenvalue weighted by Gasteiger charge is 2.27. The van der Waals surface area contributed by atoms with Gasteiger partial charge < -0.3 is 5.73 Å². The van der Waals surface area contributed by atoms with Crippen molar-refractivity contribution in [2.24, 2.45) is 17.8 Å². The van der Waals surface area contributed by atoms with Gasteiger partial charge in [0.2, 0.25) is 0 Å². The van der Waals surface area contributed by atoms with Gasteiger partial charge in [0.15, 0.2) is 0 Å². The Bertz CT molecular complexity index is 389. The summed E-state index contributed by atoms with van der Waals surface area (Å²) in [6, 6.07) is 4.72. The maximum Gasteiger partial charge on any atom is 0.123 e. The molecule has 0 heterocycles. The van der Waals surface area contributed by atoms with E-state index in [2.05, 4.69) is 13.8 Å². The van der Waals surface area contributed by atoms with Crippen molar-refractivity contribution in [2.75, 3.05) is 5.73 Å². The molecular weight excluding hydrogens is 213 g/mol. The first-order chi connectivity index (χ1) is 8.08. The molecule has 2 N–H and O–H groups in total. The first-order valence-electron chi connectivity index (χ1n) is 6.62. The topological polar surface area (TPSA) is 26.0 Å². The molecule has 3 atom stereocenters. The molecule has 1 aliphatic rings. The van der Waals surface area contributed by atoms with Gasteiger partial charge >= 0.3 is 0 Å². The first-order valence-corrected chi connectivity index (χ1v) is 6.62. The minimum absolute atomic E-state index is 0.175. The minimum atomic E-state index is -0.175. The van der Waals surface area contributed by atoms with Gasteiger partial charge in [-0.15, -0.1) is 0 Å². The van der Waals surface area contributed by atoms with Crippen LogP contribution in [0.25, 0.3) is 0 Å². The van der Waals surface area contributed by atoms with Crippen LogP contribution in [-0.4, -0.2) is 0 Å². The van der Waals surface area contributed by atoms with Gasteiger partial charge in [-0.1, -0.05) is 26.7 Å². The quantitative estimate of drug-likeness (QED) is 0.770. The molecule has 0 spiro atoms. The second-order valence-electron chi connectivity index (χ2n) is 5.57. The average Bonchev–Trinajstić information content (AvgIpc) is 2.30. The van der Waals surface area contributed by atoms with Crippen LogP contribution in [0.5, 0.6) is 0 Å². The van der Waals surface area contributed by atoms with Gasteiger partial charge in [0.1, 0.15) is 5.82 Å². The summed E-state index contributed by atoms with van der Waals surface area (Å²) < 4.78 is 13.2. The largest absolute Gasteiger partial charge is 0.399 e. The molecule has 94 valence electrons. The summed E-state index contributed by atoms with van der Waals surface area (Å²) in [6.07, 6.45) is 4.80. The number of hydrogen-bond acceptors (Lipinski definition) is 1. The standard InChI is InChI=1S/C15H22FN/c1-10-4-3-5-12(11(10)2)8-13-9-14(16)6-7-15(13)17/h6-7,9-12H,3-5,8,17H2,1-2H3/t10?,11-,12?/m1/s1. The van der Waals surface area contributed by atoms with Crippen molar-refractivity contribution >= 4 is 5.69 Å². The maximum absolute atomic E-state index is 13.2. The number of benzene rings is 1. The molecule has 1 aromatic rings. The zero-order chi connectivity index (χ0) is 12.4. The third kappa shape index (κ3) is 2.80. The fourth-order valence-electron chi connectivity index (χ4n) is 3.01. The molecule has 0 amide bonds. The SMILES string of the molecule is CC1CCCC(Cc2cc(F)ccc2N)[C@@H]1C. The van der Waals surface area contributed by atoms with Crippen LogP contribution in [0.1, 0.15) is 38.7 Å². The van der Waals surface area contributed by atoms with E-state index < -0.39 is 0 Å². The smallest absolute Gasteiger partial charge is 0.123 e. The summed E-state index contributed by atoms with van der Waals surface area (Å²) in [5.74, 6) is 1.98. The van der Waals surface area contributed by atoms with Gasteiger partial charge in [0, 0.05) is 5.69 Å². The Kier molecular flexibility index (Phi) is 3.70. The molecule has 0 aliphatic heterocycles. The second-order valence-corrected chi connectivity index (χ2v) is 5.57. The summed E-state index contributed by atoms with van der Waals surface area (Å²) in [5, 5.41) is 0. The predicted molar refractivity (Wildman–Crippen MR) is 70.2 cm³/mol. The van der Waals surface area contributed by atoms with Crippen LogP contribution in [0.15, 0.2) is 18.2 Å². The van der Waals surface area contributed by atoms with Crippen molar-refractivity contribution in [3.63, 3.8) is 0 Å². The van der Waals surface area contributed by atoms with Crippen molar-refractivity contribution in [1.29, 1.82) is 0 Å². The predicted octanol–water partition coefficient (Wildman–Crippen LogP) is 4.02. The number of rotatable bonds is 2. The fraction of sp³-hybridized carbons (Fsp3) is 0.600. The maximum atomic E-state index is 13.2. The van der Waals surface area contributed by atoms with E-state index in [4.69, 9.17) is 5.73 Å².